The van der Waals surface area contributed by atoms with Gasteiger partial charge in [0.25, 0.3) is 0 Å². The van der Waals surface area contributed by atoms with Gasteiger partial charge in [-0.25, -0.2) is 9.78 Å². The van der Waals surface area contributed by atoms with Gasteiger partial charge in [0.2, 0.25) is 0 Å². The van der Waals surface area contributed by atoms with Crippen molar-refractivity contribution in [2.24, 2.45) is 0 Å². The molecule has 17 heavy (non-hydrogen) atoms. The topological polar surface area (TPSA) is 74.4 Å². The van der Waals surface area contributed by atoms with Crippen LogP contribution in [0.3, 0.4) is 0 Å². The van der Waals surface area contributed by atoms with Crippen molar-refractivity contribution in [2.45, 2.75) is 6.92 Å². The quantitative estimate of drug-likeness (QED) is 0.662. The van der Waals surface area contributed by atoms with Crippen molar-refractivity contribution in [3.63, 3.8) is 0 Å². The molecule has 0 fully saturated rings. The van der Waals surface area contributed by atoms with Gasteiger partial charge in [-0.15, -0.1) is 0 Å². The molecule has 0 atom stereocenters. The average molecular weight is 226 g/mol. The molecule has 0 bridgehead atoms. The summed E-state index contributed by atoms with van der Waals surface area (Å²) in [6, 6.07) is 5.64. The molecule has 0 aliphatic carbocycles. The molecule has 0 saturated heterocycles. The van der Waals surface area contributed by atoms with Crippen molar-refractivity contribution in [1.29, 1.82) is 0 Å². The van der Waals surface area contributed by atoms with Crippen LogP contribution in [0.1, 0.15) is 5.56 Å². The number of hydrogen-bond acceptors (Lipinski definition) is 3. The molecular formula is C12H10N4O. The van der Waals surface area contributed by atoms with E-state index in [0.717, 1.165) is 16.8 Å². The molecule has 0 unspecified atom stereocenters. The monoisotopic (exact) mass is 226 g/mol. The molecule has 3 aromatic heterocycles. The summed E-state index contributed by atoms with van der Waals surface area (Å²) >= 11 is 0. The summed E-state index contributed by atoms with van der Waals surface area (Å²) in [5, 5.41) is 0. The van der Waals surface area contributed by atoms with Gasteiger partial charge in [-0.05, 0) is 30.7 Å². The minimum atomic E-state index is -0.240. The largest absolute Gasteiger partial charge is 0.325 e. The second-order valence-electron chi connectivity index (χ2n) is 3.86. The lowest BCUT2D eigenvalue weighted by Crippen LogP contribution is -1.99. The molecule has 2 N–H and O–H groups in total. The van der Waals surface area contributed by atoms with Crippen molar-refractivity contribution in [3.05, 3.63) is 46.6 Å². The van der Waals surface area contributed by atoms with E-state index in [-0.39, 0.29) is 5.69 Å². The fraction of sp³-hybridized carbons (Fsp3) is 0.0833. The summed E-state index contributed by atoms with van der Waals surface area (Å²) in [6.07, 6.45) is 3.52. The highest BCUT2D eigenvalue weighted by Gasteiger charge is 2.05. The van der Waals surface area contributed by atoms with E-state index < -0.39 is 0 Å². The third-order valence-corrected chi connectivity index (χ3v) is 2.67. The maximum absolute atomic E-state index is 11.1. The van der Waals surface area contributed by atoms with E-state index in [1.807, 2.05) is 25.1 Å². The third-order valence-electron chi connectivity index (χ3n) is 2.67. The van der Waals surface area contributed by atoms with Crippen LogP contribution in [-0.2, 0) is 0 Å². The highest BCUT2D eigenvalue weighted by Crippen LogP contribution is 2.21. The smallest absolute Gasteiger partial charge is 0.304 e. The number of pyridine rings is 2. The highest BCUT2D eigenvalue weighted by molar-refractivity contribution is 5.75. The van der Waals surface area contributed by atoms with Gasteiger partial charge in [-0.1, -0.05) is 0 Å². The van der Waals surface area contributed by atoms with Gasteiger partial charge in [0.15, 0.2) is 5.65 Å². The first-order valence-electron chi connectivity index (χ1n) is 5.24. The number of H-pyrrole nitrogens is 2. The lowest BCUT2D eigenvalue weighted by atomic mass is 10.1. The number of nitrogens with zero attached hydrogens (tertiary/aromatic N) is 2. The van der Waals surface area contributed by atoms with E-state index in [1.54, 1.807) is 12.4 Å². The molecule has 0 aromatic carbocycles. The standard InChI is InChI=1S/C12H10N4O/c1-7-6-13-5-4-8(7)9-2-3-10-11(14-9)16-12(17)15-10/h2-6H,1H3,(H2,14,15,16,17). The minimum absolute atomic E-state index is 0.240. The number of rotatable bonds is 1. The third kappa shape index (κ3) is 1.61. The van der Waals surface area contributed by atoms with Gasteiger partial charge >= 0.3 is 5.69 Å². The number of hydrogen-bond donors (Lipinski definition) is 2. The van der Waals surface area contributed by atoms with Crippen LogP contribution >= 0.6 is 0 Å². The zero-order valence-corrected chi connectivity index (χ0v) is 9.19. The molecule has 0 aliphatic heterocycles. The van der Waals surface area contributed by atoms with E-state index in [2.05, 4.69) is 19.9 Å². The maximum atomic E-state index is 11.1. The van der Waals surface area contributed by atoms with Crippen LogP contribution < -0.4 is 5.69 Å². The van der Waals surface area contributed by atoms with Crippen LogP contribution in [0.5, 0.6) is 0 Å². The minimum Gasteiger partial charge on any atom is -0.304 e. The summed E-state index contributed by atoms with van der Waals surface area (Å²) in [7, 11) is 0. The number of aryl methyl sites for hydroxylation is 1. The first-order chi connectivity index (χ1) is 8.24. The Hall–Kier alpha value is -2.43. The Balaban J connectivity index is 2.24. The summed E-state index contributed by atoms with van der Waals surface area (Å²) in [5.74, 6) is 0. The number of imidazole rings is 1. The molecule has 84 valence electrons. The Bertz CT molecular complexity index is 741. The number of aromatic nitrogens is 4. The molecule has 0 saturated carbocycles. The summed E-state index contributed by atoms with van der Waals surface area (Å²) in [4.78, 5) is 24.9. The van der Waals surface area contributed by atoms with Crippen molar-refractivity contribution in [2.75, 3.05) is 0 Å². The normalized spacial score (nSPS) is 10.9. The van der Waals surface area contributed by atoms with Gasteiger partial charge in [0.1, 0.15) is 0 Å². The zero-order valence-electron chi connectivity index (χ0n) is 9.19. The van der Waals surface area contributed by atoms with Gasteiger partial charge in [-0.3, -0.25) is 9.97 Å². The number of aromatic amines is 2. The second kappa shape index (κ2) is 3.55. The van der Waals surface area contributed by atoms with Crippen LogP contribution in [0.2, 0.25) is 0 Å². The van der Waals surface area contributed by atoms with E-state index >= 15 is 0 Å². The highest BCUT2D eigenvalue weighted by atomic mass is 16.1. The van der Waals surface area contributed by atoms with Crippen LogP contribution in [0.25, 0.3) is 22.4 Å². The van der Waals surface area contributed by atoms with Gasteiger partial charge in [-0.2, -0.15) is 0 Å². The summed E-state index contributed by atoms with van der Waals surface area (Å²) < 4.78 is 0. The molecule has 3 aromatic rings. The Labute approximate surface area is 96.6 Å². The van der Waals surface area contributed by atoms with Crippen LogP contribution in [0, 0.1) is 6.92 Å². The van der Waals surface area contributed by atoms with Crippen LogP contribution in [0.4, 0.5) is 0 Å². The predicted octanol–water partition coefficient (Wildman–Crippen LogP) is 1.62. The molecule has 0 spiro atoms. The lowest BCUT2D eigenvalue weighted by molar-refractivity contribution is 1.20. The lowest BCUT2D eigenvalue weighted by Gasteiger charge is -2.03. The van der Waals surface area contributed by atoms with Gasteiger partial charge in [0, 0.05) is 18.0 Å². The zero-order chi connectivity index (χ0) is 11.8. The van der Waals surface area contributed by atoms with E-state index in [1.165, 1.54) is 0 Å². The van der Waals surface area contributed by atoms with Gasteiger partial charge < -0.3 is 4.98 Å². The SMILES string of the molecule is Cc1cnccc1-c1ccc2[nH]c(=O)[nH]c2n1. The molecule has 0 aliphatic rings. The van der Waals surface area contributed by atoms with Gasteiger partial charge in [0.05, 0.1) is 11.2 Å². The maximum Gasteiger partial charge on any atom is 0.325 e. The molecule has 3 heterocycles. The first kappa shape index (κ1) is 9.77. The fourth-order valence-corrected chi connectivity index (χ4v) is 1.83. The number of fused-ring (bicyclic) bond motifs is 1. The summed E-state index contributed by atoms with van der Waals surface area (Å²) in [5.41, 5.74) is 3.94. The van der Waals surface area contributed by atoms with E-state index in [0.29, 0.717) is 11.2 Å². The second-order valence-corrected chi connectivity index (χ2v) is 3.86. The average Bonchev–Trinajstić information content (AvgIpc) is 2.68. The molecule has 0 amide bonds. The van der Waals surface area contributed by atoms with Crippen LogP contribution in [-0.4, -0.2) is 19.9 Å². The Kier molecular flexibility index (Phi) is 2.04. The summed E-state index contributed by atoms with van der Waals surface area (Å²) in [6.45, 7) is 1.98. The van der Waals surface area contributed by atoms with E-state index in [4.69, 9.17) is 0 Å². The molecule has 3 rings (SSSR count). The van der Waals surface area contributed by atoms with Crippen molar-refractivity contribution in [1.82, 2.24) is 19.9 Å². The predicted molar refractivity (Wildman–Crippen MR) is 64.7 cm³/mol. The Morgan fingerprint density at radius 2 is 2.06 bits per heavy atom. The molecular weight excluding hydrogens is 216 g/mol. The van der Waals surface area contributed by atoms with Crippen LogP contribution in [0.15, 0.2) is 35.4 Å². The molecule has 5 heteroatoms. The Morgan fingerprint density at radius 3 is 2.88 bits per heavy atom. The fourth-order valence-electron chi connectivity index (χ4n) is 1.83. The van der Waals surface area contributed by atoms with Crippen molar-refractivity contribution in [3.8, 4) is 11.3 Å². The molecule has 0 radical (unpaired) electrons. The Morgan fingerprint density at radius 1 is 1.18 bits per heavy atom. The first-order valence-corrected chi connectivity index (χ1v) is 5.24. The van der Waals surface area contributed by atoms with E-state index in [9.17, 15) is 4.79 Å². The molecule has 5 nitrogen and oxygen atoms in total. The number of nitrogens with one attached hydrogen (secondary N) is 2. The van der Waals surface area contributed by atoms with Crippen molar-refractivity contribution < 1.29 is 0 Å². The van der Waals surface area contributed by atoms with Crippen molar-refractivity contribution >= 4 is 11.2 Å².